The lowest BCUT2D eigenvalue weighted by molar-refractivity contribution is 0.242. The lowest BCUT2D eigenvalue weighted by Crippen LogP contribution is -2.05. The summed E-state index contributed by atoms with van der Waals surface area (Å²) in [5.41, 5.74) is 1.31. The van der Waals surface area contributed by atoms with Crippen LogP contribution in [-0.2, 0) is 12.8 Å². The second-order valence-electron chi connectivity index (χ2n) is 5.66. The van der Waals surface area contributed by atoms with E-state index in [1.807, 2.05) is 26.0 Å². The number of H-pyrrole nitrogens is 1. The molecule has 0 amide bonds. The lowest BCUT2D eigenvalue weighted by atomic mass is 10.1. The molecule has 1 aromatic carbocycles. The van der Waals surface area contributed by atoms with Crippen molar-refractivity contribution in [1.82, 2.24) is 4.98 Å². The number of hydrogen-bond donors (Lipinski definition) is 2. The first-order valence-corrected chi connectivity index (χ1v) is 8.53. The zero-order chi connectivity index (χ0) is 15.9. The summed E-state index contributed by atoms with van der Waals surface area (Å²) in [6.45, 7) is 4.04. The first kappa shape index (κ1) is 16.6. The van der Waals surface area contributed by atoms with Crippen molar-refractivity contribution >= 4 is 11.3 Å². The summed E-state index contributed by atoms with van der Waals surface area (Å²) >= 11 is 1.10. The Hall–Kier alpha value is -1.75. The van der Waals surface area contributed by atoms with Crippen LogP contribution in [0.5, 0.6) is 11.6 Å². The zero-order valence-electron chi connectivity index (χ0n) is 13.1. The molecule has 1 heterocycles. The van der Waals surface area contributed by atoms with Gasteiger partial charge >= 0.3 is 4.87 Å². The Bertz CT molecular complexity index is 628. The maximum atomic E-state index is 11.1. The van der Waals surface area contributed by atoms with Gasteiger partial charge in [0.15, 0.2) is 0 Å². The van der Waals surface area contributed by atoms with Gasteiger partial charge in [0.2, 0.25) is 5.88 Å². The highest BCUT2D eigenvalue weighted by Crippen LogP contribution is 2.19. The first-order chi connectivity index (χ1) is 10.5. The third-order valence-corrected chi connectivity index (χ3v) is 4.30. The van der Waals surface area contributed by atoms with E-state index in [4.69, 9.17) is 4.74 Å². The van der Waals surface area contributed by atoms with Crippen LogP contribution in [0.25, 0.3) is 0 Å². The maximum absolute atomic E-state index is 11.1. The van der Waals surface area contributed by atoms with Gasteiger partial charge < -0.3 is 9.84 Å². The molecule has 4 nitrogen and oxygen atoms in total. The van der Waals surface area contributed by atoms with Crippen LogP contribution in [0, 0.1) is 0 Å². The van der Waals surface area contributed by atoms with E-state index in [1.54, 1.807) is 0 Å². The molecule has 0 radical (unpaired) electrons. The maximum Gasteiger partial charge on any atom is 0.307 e. The number of ether oxygens (including phenoxy) is 1. The molecule has 2 aromatic rings. The molecule has 22 heavy (non-hydrogen) atoms. The Labute approximate surface area is 134 Å². The highest BCUT2D eigenvalue weighted by atomic mass is 32.1. The van der Waals surface area contributed by atoms with Crippen molar-refractivity contribution in [3.63, 3.8) is 0 Å². The molecular formula is C17H23NO3S. The SMILES string of the molecule is CC(C)Oc1ccc(CCCCCc2sc(=O)[nH]c2O)cc1. The molecule has 5 heteroatoms. The van der Waals surface area contributed by atoms with Crippen molar-refractivity contribution in [2.45, 2.75) is 52.1 Å². The number of benzene rings is 1. The van der Waals surface area contributed by atoms with Gasteiger partial charge in [0.25, 0.3) is 0 Å². The number of nitrogens with one attached hydrogen (secondary N) is 1. The number of thiazole rings is 1. The topological polar surface area (TPSA) is 62.3 Å². The second kappa shape index (κ2) is 8.03. The van der Waals surface area contributed by atoms with E-state index in [2.05, 4.69) is 17.1 Å². The Morgan fingerprint density at radius 1 is 1.14 bits per heavy atom. The number of aromatic nitrogens is 1. The number of unbranched alkanes of at least 4 members (excludes halogenated alkanes) is 2. The largest absolute Gasteiger partial charge is 0.494 e. The van der Waals surface area contributed by atoms with Gasteiger partial charge in [-0.15, -0.1) is 0 Å². The summed E-state index contributed by atoms with van der Waals surface area (Å²) in [5, 5.41) is 9.50. The minimum Gasteiger partial charge on any atom is -0.494 e. The third kappa shape index (κ3) is 5.22. The summed E-state index contributed by atoms with van der Waals surface area (Å²) in [7, 11) is 0. The fourth-order valence-corrected chi connectivity index (χ4v) is 3.09. The van der Waals surface area contributed by atoms with Gasteiger partial charge in [-0.25, -0.2) is 0 Å². The second-order valence-corrected chi connectivity index (χ2v) is 6.73. The Morgan fingerprint density at radius 2 is 1.82 bits per heavy atom. The monoisotopic (exact) mass is 321 g/mol. The predicted octanol–water partition coefficient (Wildman–Crippen LogP) is 3.88. The van der Waals surface area contributed by atoms with Crippen LogP contribution in [-0.4, -0.2) is 16.2 Å². The van der Waals surface area contributed by atoms with E-state index in [0.29, 0.717) is 0 Å². The van der Waals surface area contributed by atoms with Crippen molar-refractivity contribution in [3.8, 4) is 11.6 Å². The molecule has 0 fully saturated rings. The van der Waals surface area contributed by atoms with Crippen molar-refractivity contribution in [1.29, 1.82) is 0 Å². The van der Waals surface area contributed by atoms with E-state index in [-0.39, 0.29) is 16.9 Å². The number of aromatic amines is 1. The Morgan fingerprint density at radius 3 is 2.41 bits per heavy atom. The van der Waals surface area contributed by atoms with E-state index < -0.39 is 0 Å². The standard InChI is InChI=1S/C17H23NO3S/c1-12(2)21-14-10-8-13(9-11-14)6-4-3-5-7-15-16(19)18-17(20)22-15/h8-12,19H,3-7H2,1-2H3,(H,18,20). The van der Waals surface area contributed by atoms with E-state index >= 15 is 0 Å². The number of aromatic hydroxyl groups is 1. The summed E-state index contributed by atoms with van der Waals surface area (Å²) in [5.74, 6) is 0.951. The molecule has 0 bridgehead atoms. The summed E-state index contributed by atoms with van der Waals surface area (Å²) in [6, 6.07) is 8.26. The minimum atomic E-state index is -0.184. The normalized spacial score (nSPS) is 11.0. The molecule has 0 unspecified atom stereocenters. The molecule has 2 rings (SSSR count). The quantitative estimate of drug-likeness (QED) is 0.725. The molecule has 1 aromatic heterocycles. The fourth-order valence-electron chi connectivity index (χ4n) is 2.32. The molecule has 120 valence electrons. The molecule has 0 aliphatic heterocycles. The van der Waals surface area contributed by atoms with Crippen LogP contribution in [0.2, 0.25) is 0 Å². The van der Waals surface area contributed by atoms with E-state index in [9.17, 15) is 9.90 Å². The average molecular weight is 321 g/mol. The van der Waals surface area contributed by atoms with Gasteiger partial charge in [-0.2, -0.15) is 0 Å². The van der Waals surface area contributed by atoms with Crippen LogP contribution in [0.4, 0.5) is 0 Å². The highest BCUT2D eigenvalue weighted by Gasteiger charge is 2.05. The van der Waals surface area contributed by atoms with Crippen molar-refractivity contribution in [2.75, 3.05) is 0 Å². The van der Waals surface area contributed by atoms with Gasteiger partial charge in [-0.1, -0.05) is 29.9 Å². The van der Waals surface area contributed by atoms with Crippen LogP contribution in [0.15, 0.2) is 29.1 Å². The molecule has 0 saturated carbocycles. The van der Waals surface area contributed by atoms with Crippen LogP contribution >= 0.6 is 11.3 Å². The molecule has 2 N–H and O–H groups in total. The Balaban J connectivity index is 1.68. The molecule has 0 atom stereocenters. The molecular weight excluding hydrogens is 298 g/mol. The minimum absolute atomic E-state index is 0.0377. The van der Waals surface area contributed by atoms with Gasteiger partial charge in [0.1, 0.15) is 5.75 Å². The summed E-state index contributed by atoms with van der Waals surface area (Å²) in [6.07, 6.45) is 5.16. The first-order valence-electron chi connectivity index (χ1n) is 7.71. The number of hydrogen-bond acceptors (Lipinski definition) is 4. The molecule has 0 spiro atoms. The van der Waals surface area contributed by atoms with Crippen LogP contribution in [0.3, 0.4) is 0 Å². The summed E-state index contributed by atoms with van der Waals surface area (Å²) in [4.78, 5) is 14.1. The van der Waals surface area contributed by atoms with E-state index in [0.717, 1.165) is 54.1 Å². The fraction of sp³-hybridized carbons (Fsp3) is 0.471. The number of aryl methyl sites for hydroxylation is 2. The van der Waals surface area contributed by atoms with Gasteiger partial charge in [-0.05, 0) is 57.2 Å². The predicted molar refractivity (Wildman–Crippen MR) is 90.1 cm³/mol. The third-order valence-electron chi connectivity index (χ3n) is 3.36. The number of rotatable bonds is 8. The van der Waals surface area contributed by atoms with Gasteiger partial charge in [0, 0.05) is 0 Å². The van der Waals surface area contributed by atoms with Crippen LogP contribution < -0.4 is 9.61 Å². The molecule has 0 aliphatic rings. The molecule has 0 aliphatic carbocycles. The van der Waals surface area contributed by atoms with Crippen LogP contribution in [0.1, 0.15) is 43.6 Å². The van der Waals surface area contributed by atoms with Crippen molar-refractivity contribution < 1.29 is 9.84 Å². The van der Waals surface area contributed by atoms with Crippen molar-refractivity contribution in [3.05, 3.63) is 44.4 Å². The van der Waals surface area contributed by atoms with E-state index in [1.165, 1.54) is 5.56 Å². The lowest BCUT2D eigenvalue weighted by Gasteiger charge is -2.10. The molecule has 0 saturated heterocycles. The van der Waals surface area contributed by atoms with Gasteiger partial charge in [-0.3, -0.25) is 9.78 Å². The van der Waals surface area contributed by atoms with Gasteiger partial charge in [0.05, 0.1) is 11.0 Å². The zero-order valence-corrected chi connectivity index (χ0v) is 13.9. The Kier molecular flexibility index (Phi) is 6.07. The average Bonchev–Trinajstić information content (AvgIpc) is 2.78. The highest BCUT2D eigenvalue weighted by molar-refractivity contribution is 7.09. The van der Waals surface area contributed by atoms with Crippen molar-refractivity contribution in [2.24, 2.45) is 0 Å². The smallest absolute Gasteiger partial charge is 0.307 e. The summed E-state index contributed by atoms with van der Waals surface area (Å²) < 4.78 is 5.62.